The molecule has 2 aromatic carbocycles. The summed E-state index contributed by atoms with van der Waals surface area (Å²) in [5.41, 5.74) is 1.96. The van der Waals surface area contributed by atoms with Gasteiger partial charge in [0.25, 0.3) is 5.91 Å². The highest BCUT2D eigenvalue weighted by Gasteiger charge is 2.32. The van der Waals surface area contributed by atoms with Crippen LogP contribution in [0.3, 0.4) is 0 Å². The zero-order chi connectivity index (χ0) is 20.7. The number of carbonyl (C=O) groups is 1. The van der Waals surface area contributed by atoms with Gasteiger partial charge in [0.15, 0.2) is 5.82 Å². The van der Waals surface area contributed by atoms with E-state index in [1.165, 1.54) is 0 Å². The van der Waals surface area contributed by atoms with Crippen LogP contribution >= 0.6 is 0 Å². The van der Waals surface area contributed by atoms with Gasteiger partial charge in [0.2, 0.25) is 0 Å². The molecule has 7 heteroatoms. The minimum absolute atomic E-state index is 0.0423. The molecule has 0 atom stereocenters. The van der Waals surface area contributed by atoms with Crippen molar-refractivity contribution in [2.45, 2.75) is 25.4 Å². The number of aromatic nitrogens is 3. The highest BCUT2D eigenvalue weighted by molar-refractivity contribution is 6.07. The van der Waals surface area contributed by atoms with Gasteiger partial charge in [-0.15, -0.1) is 0 Å². The standard InChI is InChI=1S/C23H22FN5O/c1-23(24)9-12-29(13-10-23)22(30)18-5-2-4-15-14-16(7-8-17(15)18)26-21-20-19(27-28-21)6-3-11-25-20/h2-8,11,14H,9-10,12-13H2,1H3,(H2,26,27,28). The van der Waals surface area contributed by atoms with Gasteiger partial charge in [0.1, 0.15) is 11.2 Å². The van der Waals surface area contributed by atoms with Crippen molar-refractivity contribution in [1.29, 1.82) is 0 Å². The highest BCUT2D eigenvalue weighted by Crippen LogP contribution is 2.30. The van der Waals surface area contributed by atoms with Crippen LogP contribution in [0, 0.1) is 0 Å². The van der Waals surface area contributed by atoms with Crippen molar-refractivity contribution < 1.29 is 9.18 Å². The van der Waals surface area contributed by atoms with Gasteiger partial charge in [-0.05, 0) is 60.9 Å². The molecule has 30 heavy (non-hydrogen) atoms. The van der Waals surface area contributed by atoms with Crippen LogP contribution in [0.25, 0.3) is 21.8 Å². The molecule has 1 saturated heterocycles. The summed E-state index contributed by atoms with van der Waals surface area (Å²) < 4.78 is 14.1. The van der Waals surface area contributed by atoms with Gasteiger partial charge in [0.05, 0.1) is 5.52 Å². The van der Waals surface area contributed by atoms with Crippen LogP contribution in [0.15, 0.2) is 54.7 Å². The fraction of sp³-hybridized carbons (Fsp3) is 0.261. The molecule has 0 saturated carbocycles. The fourth-order valence-electron chi connectivity index (χ4n) is 3.97. The monoisotopic (exact) mass is 403 g/mol. The van der Waals surface area contributed by atoms with Gasteiger partial charge in [-0.3, -0.25) is 14.9 Å². The first kappa shape index (κ1) is 18.5. The molecular weight excluding hydrogens is 381 g/mol. The average Bonchev–Trinajstić information content (AvgIpc) is 3.15. The first-order valence-electron chi connectivity index (χ1n) is 10.1. The highest BCUT2D eigenvalue weighted by atomic mass is 19.1. The molecule has 1 amide bonds. The SMILES string of the molecule is CC1(F)CCN(C(=O)c2cccc3cc(Nc4n[nH]c5cccnc45)ccc23)CC1. The van der Waals surface area contributed by atoms with E-state index < -0.39 is 5.67 Å². The summed E-state index contributed by atoms with van der Waals surface area (Å²) in [6, 6.07) is 15.3. The summed E-state index contributed by atoms with van der Waals surface area (Å²) in [4.78, 5) is 19.2. The summed E-state index contributed by atoms with van der Waals surface area (Å²) in [5, 5.41) is 12.4. The largest absolute Gasteiger partial charge is 0.338 e. The number of nitrogens with zero attached hydrogens (tertiary/aromatic N) is 3. The Morgan fingerprint density at radius 1 is 1.17 bits per heavy atom. The van der Waals surface area contributed by atoms with E-state index in [2.05, 4.69) is 20.5 Å². The summed E-state index contributed by atoms with van der Waals surface area (Å²) in [5.74, 6) is 0.610. The summed E-state index contributed by atoms with van der Waals surface area (Å²) in [7, 11) is 0. The Bertz CT molecular complexity index is 1240. The first-order chi connectivity index (χ1) is 14.5. The molecule has 2 N–H and O–H groups in total. The van der Waals surface area contributed by atoms with E-state index in [0.717, 1.165) is 27.5 Å². The number of alkyl halides is 1. The predicted molar refractivity (Wildman–Crippen MR) is 116 cm³/mol. The van der Waals surface area contributed by atoms with Crippen molar-refractivity contribution in [3.8, 4) is 0 Å². The van der Waals surface area contributed by atoms with Gasteiger partial charge in [-0.25, -0.2) is 4.39 Å². The van der Waals surface area contributed by atoms with E-state index in [4.69, 9.17) is 0 Å². The average molecular weight is 403 g/mol. The summed E-state index contributed by atoms with van der Waals surface area (Å²) in [6.45, 7) is 2.50. The van der Waals surface area contributed by atoms with Crippen LogP contribution in [-0.2, 0) is 0 Å². The Kier molecular flexibility index (Phi) is 4.38. The topological polar surface area (TPSA) is 73.9 Å². The van der Waals surface area contributed by atoms with Crippen molar-refractivity contribution in [2.75, 3.05) is 18.4 Å². The number of anilines is 2. The number of carbonyl (C=O) groups excluding carboxylic acids is 1. The molecule has 0 spiro atoms. The van der Waals surface area contributed by atoms with Crippen molar-refractivity contribution in [3.05, 3.63) is 60.3 Å². The maximum Gasteiger partial charge on any atom is 0.254 e. The molecule has 0 unspecified atom stereocenters. The Labute approximate surface area is 173 Å². The number of benzene rings is 2. The van der Waals surface area contributed by atoms with Crippen molar-refractivity contribution in [1.82, 2.24) is 20.1 Å². The summed E-state index contributed by atoms with van der Waals surface area (Å²) in [6.07, 6.45) is 2.49. The molecule has 4 aromatic rings. The minimum atomic E-state index is -1.18. The van der Waals surface area contributed by atoms with Gasteiger partial charge < -0.3 is 10.2 Å². The normalized spacial score (nSPS) is 16.1. The number of fused-ring (bicyclic) bond motifs is 2. The van der Waals surface area contributed by atoms with Crippen LogP contribution in [-0.4, -0.2) is 44.7 Å². The lowest BCUT2D eigenvalue weighted by atomic mass is 9.94. The second kappa shape index (κ2) is 7.09. The molecule has 0 bridgehead atoms. The molecule has 0 radical (unpaired) electrons. The number of hydrogen-bond donors (Lipinski definition) is 2. The molecule has 152 valence electrons. The molecule has 3 heterocycles. The number of piperidine rings is 1. The Morgan fingerprint density at radius 3 is 2.83 bits per heavy atom. The van der Waals surface area contributed by atoms with Crippen LogP contribution in [0.5, 0.6) is 0 Å². The van der Waals surface area contributed by atoms with Crippen LogP contribution in [0.1, 0.15) is 30.1 Å². The molecular formula is C23H22FN5O. The molecule has 1 aliphatic rings. The van der Waals surface area contributed by atoms with Crippen LogP contribution in [0.4, 0.5) is 15.9 Å². The maximum absolute atomic E-state index is 14.1. The van der Waals surface area contributed by atoms with Crippen LogP contribution in [0.2, 0.25) is 0 Å². The quantitative estimate of drug-likeness (QED) is 0.514. The van der Waals surface area contributed by atoms with E-state index in [0.29, 0.717) is 37.3 Å². The van der Waals surface area contributed by atoms with Gasteiger partial charge >= 0.3 is 0 Å². The van der Waals surface area contributed by atoms with Gasteiger partial charge in [-0.1, -0.05) is 18.2 Å². The maximum atomic E-state index is 14.1. The zero-order valence-corrected chi connectivity index (χ0v) is 16.7. The van der Waals surface area contributed by atoms with Crippen molar-refractivity contribution >= 4 is 39.2 Å². The van der Waals surface area contributed by atoms with E-state index >= 15 is 0 Å². The number of halogens is 1. The second-order valence-electron chi connectivity index (χ2n) is 8.04. The number of nitrogens with one attached hydrogen (secondary N) is 2. The third-order valence-corrected chi connectivity index (χ3v) is 5.79. The van der Waals surface area contributed by atoms with E-state index in [-0.39, 0.29) is 5.91 Å². The molecule has 1 aliphatic heterocycles. The lowest BCUT2D eigenvalue weighted by Gasteiger charge is -2.34. The lowest BCUT2D eigenvalue weighted by Crippen LogP contribution is -2.43. The second-order valence-corrected chi connectivity index (χ2v) is 8.04. The molecule has 0 aliphatic carbocycles. The molecule has 5 rings (SSSR count). The Morgan fingerprint density at radius 2 is 2.00 bits per heavy atom. The number of amides is 1. The predicted octanol–water partition coefficient (Wildman–Crippen LogP) is 4.82. The molecule has 1 fully saturated rings. The number of aromatic amines is 1. The van der Waals surface area contributed by atoms with E-state index in [9.17, 15) is 9.18 Å². The van der Waals surface area contributed by atoms with Gasteiger partial charge in [0, 0.05) is 30.5 Å². The van der Waals surface area contributed by atoms with Crippen LogP contribution < -0.4 is 5.32 Å². The Balaban J connectivity index is 1.43. The van der Waals surface area contributed by atoms with E-state index in [1.807, 2.05) is 48.5 Å². The minimum Gasteiger partial charge on any atom is -0.338 e. The number of hydrogen-bond acceptors (Lipinski definition) is 4. The number of H-pyrrole nitrogens is 1. The molecule has 6 nitrogen and oxygen atoms in total. The van der Waals surface area contributed by atoms with Crippen molar-refractivity contribution in [2.24, 2.45) is 0 Å². The number of likely N-dealkylation sites (tertiary alicyclic amines) is 1. The third-order valence-electron chi connectivity index (χ3n) is 5.79. The lowest BCUT2D eigenvalue weighted by molar-refractivity contribution is 0.0505. The Hall–Kier alpha value is -3.48. The number of pyridine rings is 1. The van der Waals surface area contributed by atoms with Crippen molar-refractivity contribution in [3.63, 3.8) is 0 Å². The summed E-state index contributed by atoms with van der Waals surface area (Å²) >= 11 is 0. The first-order valence-corrected chi connectivity index (χ1v) is 10.1. The fourth-order valence-corrected chi connectivity index (χ4v) is 3.97. The molecule has 2 aromatic heterocycles. The van der Waals surface area contributed by atoms with Gasteiger partial charge in [-0.2, -0.15) is 5.10 Å². The number of rotatable bonds is 3. The van der Waals surface area contributed by atoms with E-state index in [1.54, 1.807) is 18.0 Å². The zero-order valence-electron chi connectivity index (χ0n) is 16.7. The third kappa shape index (κ3) is 3.36. The smallest absolute Gasteiger partial charge is 0.254 e.